The summed E-state index contributed by atoms with van der Waals surface area (Å²) in [6.07, 6.45) is 0. The van der Waals surface area contributed by atoms with Crippen molar-refractivity contribution in [2.75, 3.05) is 4.90 Å². The molecule has 5 heteroatoms. The van der Waals surface area contributed by atoms with Gasteiger partial charge < -0.3 is 22.7 Å². The molecule has 0 saturated heterocycles. The first kappa shape index (κ1) is 37.9. The Kier molecular flexibility index (Phi) is 8.00. The van der Waals surface area contributed by atoms with E-state index >= 15 is 0 Å². The van der Waals surface area contributed by atoms with Crippen LogP contribution in [-0.4, -0.2) is 4.57 Å². The number of rotatable bonds is 6. The summed E-state index contributed by atoms with van der Waals surface area (Å²) in [6, 6.07) is 82.2. The van der Waals surface area contributed by atoms with Crippen LogP contribution in [0.3, 0.4) is 0 Å². The molecule has 0 aliphatic rings. The van der Waals surface area contributed by atoms with Crippen LogP contribution < -0.4 is 4.90 Å². The van der Waals surface area contributed by atoms with Crippen molar-refractivity contribution in [2.24, 2.45) is 0 Å². The van der Waals surface area contributed by atoms with Gasteiger partial charge in [0.05, 0.1) is 11.0 Å². The fourth-order valence-electron chi connectivity index (χ4n) is 10.9. The Labute approximate surface area is 394 Å². The van der Waals surface area contributed by atoms with E-state index in [0.717, 1.165) is 133 Å². The Balaban J connectivity index is 0.832. The lowest BCUT2D eigenvalue weighted by atomic mass is 9.97. The van der Waals surface area contributed by atoms with Gasteiger partial charge in [0.15, 0.2) is 0 Å². The van der Waals surface area contributed by atoms with Crippen molar-refractivity contribution in [2.45, 2.75) is 0 Å². The lowest BCUT2D eigenvalue weighted by Crippen LogP contribution is -2.09. The highest BCUT2D eigenvalue weighted by molar-refractivity contribution is 6.21. The molecule has 69 heavy (non-hydrogen) atoms. The molecule has 0 fully saturated rings. The largest absolute Gasteiger partial charge is 0.456 e. The summed E-state index contributed by atoms with van der Waals surface area (Å²) in [5, 5.41) is 11.3. The maximum absolute atomic E-state index is 6.55. The van der Waals surface area contributed by atoms with Gasteiger partial charge in [-0.2, -0.15) is 0 Å². The van der Waals surface area contributed by atoms with Crippen molar-refractivity contribution < 1.29 is 13.3 Å². The van der Waals surface area contributed by atoms with Crippen molar-refractivity contribution in [3.63, 3.8) is 0 Å². The van der Waals surface area contributed by atoms with Crippen LogP contribution in [0.1, 0.15) is 0 Å². The van der Waals surface area contributed by atoms with Crippen LogP contribution in [0.25, 0.3) is 126 Å². The van der Waals surface area contributed by atoms with Gasteiger partial charge in [-0.25, -0.2) is 0 Å². The molecule has 0 N–H and O–H groups in total. The molecule has 0 saturated carbocycles. The molecule has 15 rings (SSSR count). The molecule has 322 valence electrons. The Morgan fingerprint density at radius 3 is 1.48 bits per heavy atom. The molecule has 0 atom stereocenters. The molecule has 15 aromatic rings. The number of hydrogen-bond acceptors (Lipinski definition) is 4. The van der Waals surface area contributed by atoms with Crippen LogP contribution >= 0.6 is 0 Å². The van der Waals surface area contributed by atoms with Gasteiger partial charge in [-0.15, -0.1) is 0 Å². The third-order valence-corrected chi connectivity index (χ3v) is 14.2. The number of benzene rings is 11. The van der Waals surface area contributed by atoms with E-state index in [4.69, 9.17) is 13.3 Å². The molecular formula is C64H38N2O3. The third-order valence-electron chi connectivity index (χ3n) is 14.2. The van der Waals surface area contributed by atoms with E-state index in [2.05, 4.69) is 210 Å². The van der Waals surface area contributed by atoms with Crippen LogP contribution in [-0.2, 0) is 0 Å². The summed E-state index contributed by atoms with van der Waals surface area (Å²) in [5.41, 5.74) is 16.3. The molecule has 0 radical (unpaired) electrons. The van der Waals surface area contributed by atoms with Crippen LogP contribution in [0.2, 0.25) is 0 Å². The summed E-state index contributed by atoms with van der Waals surface area (Å²) in [6.45, 7) is 0. The molecule has 0 amide bonds. The maximum Gasteiger partial charge on any atom is 0.143 e. The average molecular weight is 883 g/mol. The van der Waals surface area contributed by atoms with E-state index in [1.165, 1.54) is 10.8 Å². The number of para-hydroxylation sites is 4. The normalized spacial score (nSPS) is 12.1. The summed E-state index contributed by atoms with van der Waals surface area (Å²) < 4.78 is 21.7. The van der Waals surface area contributed by atoms with Crippen LogP contribution in [0.4, 0.5) is 17.1 Å². The minimum absolute atomic E-state index is 0.845. The quantitative estimate of drug-likeness (QED) is 0.167. The Morgan fingerprint density at radius 1 is 0.275 bits per heavy atom. The third kappa shape index (κ3) is 5.84. The molecule has 11 aromatic carbocycles. The summed E-state index contributed by atoms with van der Waals surface area (Å²) >= 11 is 0. The number of furan rings is 3. The zero-order valence-corrected chi connectivity index (χ0v) is 37.1. The second-order valence-electron chi connectivity index (χ2n) is 18.1. The lowest BCUT2D eigenvalue weighted by Gasteiger charge is -2.25. The Bertz CT molecular complexity index is 4440. The number of hydrogen-bond donors (Lipinski definition) is 0. The van der Waals surface area contributed by atoms with Crippen molar-refractivity contribution in [1.82, 2.24) is 4.57 Å². The van der Waals surface area contributed by atoms with E-state index < -0.39 is 0 Å². The second-order valence-corrected chi connectivity index (χ2v) is 18.1. The molecule has 0 aliphatic carbocycles. The Hall–Kier alpha value is -9.32. The number of aromatic nitrogens is 1. The maximum atomic E-state index is 6.55. The molecule has 4 aromatic heterocycles. The summed E-state index contributed by atoms with van der Waals surface area (Å²) in [7, 11) is 0. The average Bonchev–Trinajstić information content (AvgIpc) is 4.17. The zero-order chi connectivity index (χ0) is 45.2. The minimum atomic E-state index is 0.845. The van der Waals surface area contributed by atoms with Crippen molar-refractivity contribution in [1.29, 1.82) is 0 Å². The summed E-state index contributed by atoms with van der Waals surface area (Å²) in [5.74, 6) is 0. The van der Waals surface area contributed by atoms with Gasteiger partial charge in [-0.3, -0.25) is 0 Å². The first-order valence-corrected chi connectivity index (χ1v) is 23.4. The summed E-state index contributed by atoms with van der Waals surface area (Å²) in [4.78, 5) is 2.28. The predicted octanol–water partition coefficient (Wildman–Crippen LogP) is 18.4. The number of nitrogens with zero attached hydrogens (tertiary/aromatic N) is 2. The molecule has 5 nitrogen and oxygen atoms in total. The van der Waals surface area contributed by atoms with E-state index in [1.54, 1.807) is 0 Å². The monoisotopic (exact) mass is 882 g/mol. The van der Waals surface area contributed by atoms with E-state index in [1.807, 2.05) is 30.3 Å². The fourth-order valence-corrected chi connectivity index (χ4v) is 10.9. The Morgan fingerprint density at radius 2 is 0.797 bits per heavy atom. The van der Waals surface area contributed by atoms with E-state index in [0.29, 0.717) is 0 Å². The van der Waals surface area contributed by atoms with Crippen LogP contribution in [0, 0.1) is 0 Å². The highest BCUT2D eigenvalue weighted by atomic mass is 16.3. The van der Waals surface area contributed by atoms with Crippen LogP contribution in [0.15, 0.2) is 244 Å². The van der Waals surface area contributed by atoms with E-state index in [9.17, 15) is 0 Å². The highest BCUT2D eigenvalue weighted by Gasteiger charge is 2.20. The molecular weight excluding hydrogens is 845 g/mol. The first-order chi connectivity index (χ1) is 34.2. The second kappa shape index (κ2) is 14.6. The van der Waals surface area contributed by atoms with Gasteiger partial charge in [-0.05, 0) is 131 Å². The topological polar surface area (TPSA) is 47.6 Å². The van der Waals surface area contributed by atoms with Gasteiger partial charge in [0.1, 0.15) is 33.5 Å². The first-order valence-electron chi connectivity index (χ1n) is 23.4. The van der Waals surface area contributed by atoms with Crippen molar-refractivity contribution in [3.8, 4) is 27.9 Å². The predicted molar refractivity (Wildman–Crippen MR) is 286 cm³/mol. The van der Waals surface area contributed by atoms with Gasteiger partial charge in [0.2, 0.25) is 0 Å². The van der Waals surface area contributed by atoms with Gasteiger partial charge in [-0.1, -0.05) is 115 Å². The number of fused-ring (bicyclic) bond motifs is 14. The van der Waals surface area contributed by atoms with Gasteiger partial charge >= 0.3 is 0 Å². The van der Waals surface area contributed by atoms with Crippen molar-refractivity contribution in [3.05, 3.63) is 231 Å². The smallest absolute Gasteiger partial charge is 0.143 e. The molecule has 0 bridgehead atoms. The number of anilines is 3. The SMILES string of the molecule is c1ccc(-n2c3ccc(-c4cccc(-c5ccc(N(c6ccc7c(c6)oc6ccccc67)c6ccc7c(c6)oc6ccccc67)cc5)c4)cc3c3cc4ccc5c6ccccc6oc5c4cc32)cc1. The minimum Gasteiger partial charge on any atom is -0.456 e. The lowest BCUT2D eigenvalue weighted by molar-refractivity contribution is 0.669. The van der Waals surface area contributed by atoms with Gasteiger partial charge in [0, 0.05) is 83.4 Å². The zero-order valence-electron chi connectivity index (χ0n) is 37.1. The standard InChI is InChI=1S/C64H38N2O3/c1-2-13-44(14-3-1)66-57-32-24-42(34-55(57)56-35-43-23-29-53-50-17-6-9-20-61(50)69-64(53)54(43)38-58(56)66)41-12-10-11-40(33-41)39-21-25-45(26-22-39)65(46-27-30-51-48-15-4-7-18-59(48)67-62(51)36-46)47-28-31-52-49-16-5-8-19-60(49)68-63(52)37-47/h1-38H. The highest BCUT2D eigenvalue weighted by Crippen LogP contribution is 2.44. The molecule has 0 aliphatic heterocycles. The molecule has 0 unspecified atom stereocenters. The van der Waals surface area contributed by atoms with Crippen molar-refractivity contribution >= 4 is 115 Å². The van der Waals surface area contributed by atoms with Crippen LogP contribution in [0.5, 0.6) is 0 Å². The fraction of sp³-hybridized carbons (Fsp3) is 0. The van der Waals surface area contributed by atoms with Gasteiger partial charge in [0.25, 0.3) is 0 Å². The molecule has 0 spiro atoms. The van der Waals surface area contributed by atoms with E-state index in [-0.39, 0.29) is 0 Å². The molecule has 4 heterocycles.